The zero-order chi connectivity index (χ0) is 20.6. The molecule has 7 heteroatoms. The number of benzene rings is 1. The second-order valence-corrected chi connectivity index (χ2v) is 9.18. The maximum absolute atomic E-state index is 6.38. The van der Waals surface area contributed by atoms with Crippen LogP contribution in [-0.2, 0) is 18.5 Å². The lowest BCUT2D eigenvalue weighted by molar-refractivity contribution is 0.282. The van der Waals surface area contributed by atoms with Crippen molar-refractivity contribution in [3.63, 3.8) is 0 Å². The van der Waals surface area contributed by atoms with Crippen molar-refractivity contribution in [2.75, 3.05) is 0 Å². The number of rotatable bonds is 6. The van der Waals surface area contributed by atoms with E-state index >= 15 is 0 Å². The van der Waals surface area contributed by atoms with Crippen LogP contribution in [0.25, 0.3) is 0 Å². The van der Waals surface area contributed by atoms with E-state index in [0.29, 0.717) is 23.1 Å². The van der Waals surface area contributed by atoms with Crippen molar-refractivity contribution in [2.45, 2.75) is 37.8 Å². The monoisotopic (exact) mass is 458 g/mol. The molecule has 3 heterocycles. The molecule has 1 fully saturated rings. The summed E-state index contributed by atoms with van der Waals surface area (Å²) >= 11 is 14.2. The van der Waals surface area contributed by atoms with Crippen molar-refractivity contribution in [3.05, 3.63) is 98.0 Å². The number of aromatic nitrogens is 1. The quantitative estimate of drug-likeness (QED) is 0.324. The molecule has 1 aliphatic rings. The molecule has 0 aliphatic heterocycles. The van der Waals surface area contributed by atoms with E-state index in [1.807, 2.05) is 36.4 Å². The maximum atomic E-state index is 6.38. The van der Waals surface area contributed by atoms with Gasteiger partial charge in [0.25, 0.3) is 0 Å². The largest absolute Gasteiger partial charge is 0.467 e. The Labute approximate surface area is 188 Å². The van der Waals surface area contributed by atoms with Crippen LogP contribution in [0.5, 0.6) is 0 Å². The van der Waals surface area contributed by atoms with Gasteiger partial charge in [-0.1, -0.05) is 35.7 Å². The van der Waals surface area contributed by atoms with E-state index in [9.17, 15) is 0 Å². The van der Waals surface area contributed by atoms with E-state index in [1.165, 1.54) is 17.7 Å². The molecule has 3 aromatic heterocycles. The van der Waals surface area contributed by atoms with Crippen LogP contribution in [0.3, 0.4) is 0 Å². The minimum absolute atomic E-state index is 0.0875. The van der Waals surface area contributed by atoms with Crippen molar-refractivity contribution >= 4 is 34.5 Å². The van der Waals surface area contributed by atoms with E-state index in [4.69, 9.17) is 37.0 Å². The van der Waals surface area contributed by atoms with Gasteiger partial charge in [0, 0.05) is 16.5 Å². The van der Waals surface area contributed by atoms with Gasteiger partial charge in [-0.3, -0.25) is 4.99 Å². The lowest BCUT2D eigenvalue weighted by Gasteiger charge is -2.43. The molecule has 154 valence electrons. The van der Waals surface area contributed by atoms with Gasteiger partial charge in [0.2, 0.25) is 0 Å². The molecule has 0 spiro atoms. The van der Waals surface area contributed by atoms with Crippen molar-refractivity contribution in [3.8, 4) is 0 Å². The number of thiazole rings is 1. The van der Waals surface area contributed by atoms with Crippen LogP contribution in [0.2, 0.25) is 10.0 Å². The highest BCUT2D eigenvalue weighted by atomic mass is 35.5. The fourth-order valence-electron chi connectivity index (χ4n) is 4.11. The van der Waals surface area contributed by atoms with Crippen LogP contribution >= 0.6 is 34.5 Å². The average molecular weight is 459 g/mol. The molecule has 0 unspecified atom stereocenters. The van der Waals surface area contributed by atoms with Crippen LogP contribution in [0.4, 0.5) is 0 Å². The molecule has 1 aromatic carbocycles. The number of hydrogen-bond donors (Lipinski definition) is 0. The highest BCUT2D eigenvalue weighted by Crippen LogP contribution is 2.50. The van der Waals surface area contributed by atoms with Crippen molar-refractivity contribution in [1.29, 1.82) is 0 Å². The third-order valence-corrected chi connectivity index (χ3v) is 7.45. The first kappa shape index (κ1) is 19.7. The molecule has 0 radical (unpaired) electrons. The van der Waals surface area contributed by atoms with Crippen LogP contribution < -0.4 is 4.80 Å². The number of furan rings is 2. The average Bonchev–Trinajstić information content (AvgIpc) is 3.46. The zero-order valence-electron chi connectivity index (χ0n) is 16.2. The molecule has 0 atom stereocenters. The van der Waals surface area contributed by atoms with Crippen LogP contribution in [-0.4, -0.2) is 4.57 Å². The summed E-state index contributed by atoms with van der Waals surface area (Å²) < 4.78 is 13.4. The number of halogens is 2. The molecule has 1 saturated carbocycles. The van der Waals surface area contributed by atoms with Gasteiger partial charge < -0.3 is 13.4 Å². The summed E-state index contributed by atoms with van der Waals surface area (Å²) in [6, 6.07) is 13.7. The Morgan fingerprint density at radius 2 is 1.77 bits per heavy atom. The molecule has 30 heavy (non-hydrogen) atoms. The Hall–Kier alpha value is -2.21. The topological polar surface area (TPSA) is 43.6 Å². The van der Waals surface area contributed by atoms with Gasteiger partial charge >= 0.3 is 0 Å². The molecule has 5 rings (SSSR count). The summed E-state index contributed by atoms with van der Waals surface area (Å²) in [7, 11) is 0. The van der Waals surface area contributed by atoms with Crippen molar-refractivity contribution < 1.29 is 8.83 Å². The molecule has 4 aromatic rings. The van der Waals surface area contributed by atoms with Crippen LogP contribution in [0.1, 0.15) is 42.0 Å². The molecular formula is C23H20Cl2N2O2S. The van der Waals surface area contributed by atoms with Gasteiger partial charge in [-0.05, 0) is 54.8 Å². The molecular weight excluding hydrogens is 439 g/mol. The smallest absolute Gasteiger partial charge is 0.185 e. The second kappa shape index (κ2) is 8.14. The molecule has 1 aliphatic carbocycles. The second-order valence-electron chi connectivity index (χ2n) is 7.53. The highest BCUT2D eigenvalue weighted by molar-refractivity contribution is 7.07. The Bertz CT molecular complexity index is 1200. The normalized spacial score (nSPS) is 16.0. The minimum Gasteiger partial charge on any atom is -0.467 e. The summed E-state index contributed by atoms with van der Waals surface area (Å²) in [5, 5.41) is 3.40. The van der Waals surface area contributed by atoms with Gasteiger partial charge in [-0.15, -0.1) is 11.3 Å². The van der Waals surface area contributed by atoms with E-state index in [1.54, 1.807) is 23.9 Å². The highest BCUT2D eigenvalue weighted by Gasteiger charge is 2.43. The fraction of sp³-hybridized carbons (Fsp3) is 0.261. The number of hydrogen-bond acceptors (Lipinski definition) is 4. The van der Waals surface area contributed by atoms with Gasteiger partial charge in [0.05, 0.1) is 29.1 Å². The summed E-state index contributed by atoms with van der Waals surface area (Å²) in [6.45, 7) is 1.14. The summed E-state index contributed by atoms with van der Waals surface area (Å²) in [4.78, 5) is 5.79. The number of nitrogens with zero attached hydrogens (tertiary/aromatic N) is 2. The van der Waals surface area contributed by atoms with E-state index in [2.05, 4.69) is 16.0 Å². The molecule has 0 saturated heterocycles. The van der Waals surface area contributed by atoms with E-state index < -0.39 is 0 Å². The Morgan fingerprint density at radius 3 is 2.40 bits per heavy atom. The molecule has 0 bridgehead atoms. The third-order valence-electron chi connectivity index (χ3n) is 5.81. The van der Waals surface area contributed by atoms with Gasteiger partial charge in [-0.2, -0.15) is 0 Å². The first-order valence-corrected chi connectivity index (χ1v) is 11.5. The Balaban J connectivity index is 1.61. The standard InChI is InChI=1S/C23H20Cl2N2O2S/c24-19-7-6-16(12-20(19)25)23(8-3-9-23)21-15-30-22(26-13-17-4-1-10-28-17)27(21)14-18-5-2-11-29-18/h1-2,4-7,10-12,15H,3,8-9,13-14H2/b26-22-. The molecule has 0 amide bonds. The van der Waals surface area contributed by atoms with Crippen molar-refractivity contribution in [1.82, 2.24) is 4.57 Å². The maximum Gasteiger partial charge on any atom is 0.185 e. The summed E-state index contributed by atoms with van der Waals surface area (Å²) in [5.41, 5.74) is 2.36. The summed E-state index contributed by atoms with van der Waals surface area (Å²) in [6.07, 6.45) is 6.69. The van der Waals surface area contributed by atoms with E-state index in [-0.39, 0.29) is 5.41 Å². The zero-order valence-corrected chi connectivity index (χ0v) is 18.5. The minimum atomic E-state index is -0.0875. The SMILES string of the molecule is Clc1ccc(C2(c3cs/c(=N\Cc4ccco4)n3Cc3ccco3)CCC2)cc1Cl. The lowest BCUT2D eigenvalue weighted by Crippen LogP contribution is -2.39. The van der Waals surface area contributed by atoms with E-state index in [0.717, 1.165) is 29.2 Å². The first-order valence-electron chi connectivity index (χ1n) is 9.85. The van der Waals surface area contributed by atoms with Crippen LogP contribution in [0.15, 0.2) is 74.2 Å². The predicted octanol–water partition coefficient (Wildman–Crippen LogP) is 6.66. The predicted molar refractivity (Wildman–Crippen MR) is 119 cm³/mol. The van der Waals surface area contributed by atoms with Gasteiger partial charge in [0.15, 0.2) is 4.80 Å². The third kappa shape index (κ3) is 3.55. The van der Waals surface area contributed by atoms with Gasteiger partial charge in [0.1, 0.15) is 18.1 Å². The molecule has 4 nitrogen and oxygen atoms in total. The van der Waals surface area contributed by atoms with Crippen LogP contribution in [0, 0.1) is 0 Å². The fourth-order valence-corrected chi connectivity index (χ4v) is 5.41. The Morgan fingerprint density at radius 1 is 1.00 bits per heavy atom. The lowest BCUT2D eigenvalue weighted by atomic mass is 9.62. The van der Waals surface area contributed by atoms with Gasteiger partial charge in [-0.25, -0.2) is 0 Å². The Kier molecular flexibility index (Phi) is 5.35. The first-order chi connectivity index (χ1) is 14.7. The summed E-state index contributed by atoms with van der Waals surface area (Å²) in [5.74, 6) is 1.75. The van der Waals surface area contributed by atoms with Crippen molar-refractivity contribution in [2.24, 2.45) is 4.99 Å². The molecule has 0 N–H and O–H groups in total.